The summed E-state index contributed by atoms with van der Waals surface area (Å²) in [6.07, 6.45) is 6.42. The first-order chi connectivity index (χ1) is 9.12. The van der Waals surface area contributed by atoms with Crippen molar-refractivity contribution < 1.29 is 19.4 Å². The van der Waals surface area contributed by atoms with Crippen LogP contribution in [0.3, 0.4) is 0 Å². The number of methoxy groups -OCH3 is 1. The molecule has 0 aromatic heterocycles. The van der Waals surface area contributed by atoms with E-state index < -0.39 is 17.0 Å². The minimum atomic E-state index is -1.20. The summed E-state index contributed by atoms with van der Waals surface area (Å²) in [6, 6.07) is 0. The highest BCUT2D eigenvalue weighted by Gasteiger charge is 2.46. The van der Waals surface area contributed by atoms with Crippen molar-refractivity contribution in [3.05, 3.63) is 35.5 Å². The van der Waals surface area contributed by atoms with E-state index in [-0.39, 0.29) is 12.2 Å². The van der Waals surface area contributed by atoms with Crippen LogP contribution in [-0.2, 0) is 14.3 Å². The molecule has 4 nitrogen and oxygen atoms in total. The Hall–Kier alpha value is -1.68. The van der Waals surface area contributed by atoms with Crippen molar-refractivity contribution in [3.63, 3.8) is 0 Å². The zero-order valence-electron chi connectivity index (χ0n) is 12.7. The van der Waals surface area contributed by atoms with E-state index in [0.717, 1.165) is 0 Å². The maximum absolute atomic E-state index is 11.6. The van der Waals surface area contributed by atoms with Crippen molar-refractivity contribution in [2.75, 3.05) is 7.11 Å². The molecule has 1 rings (SSSR count). The molecule has 110 valence electrons. The van der Waals surface area contributed by atoms with Crippen molar-refractivity contribution >= 4 is 11.8 Å². The van der Waals surface area contributed by atoms with Gasteiger partial charge in [0, 0.05) is 17.9 Å². The number of esters is 1. The van der Waals surface area contributed by atoms with Gasteiger partial charge in [-0.15, -0.1) is 0 Å². The van der Waals surface area contributed by atoms with E-state index >= 15 is 0 Å². The lowest BCUT2D eigenvalue weighted by Gasteiger charge is -2.43. The number of ketones is 1. The summed E-state index contributed by atoms with van der Waals surface area (Å²) in [5.74, 6) is -0.420. The number of carbonyl (C=O) groups is 2. The van der Waals surface area contributed by atoms with E-state index in [9.17, 15) is 14.7 Å². The molecule has 0 saturated heterocycles. The number of ether oxygens (including phenoxy) is 1. The van der Waals surface area contributed by atoms with E-state index in [1.165, 1.54) is 19.3 Å². The zero-order valence-corrected chi connectivity index (χ0v) is 12.7. The lowest BCUT2D eigenvalue weighted by molar-refractivity contribution is -0.134. The molecule has 0 amide bonds. The summed E-state index contributed by atoms with van der Waals surface area (Å²) in [6.45, 7) is 7.19. The highest BCUT2D eigenvalue weighted by Crippen LogP contribution is 2.44. The molecule has 0 aromatic carbocycles. The predicted molar refractivity (Wildman–Crippen MR) is 77.0 cm³/mol. The highest BCUT2D eigenvalue weighted by molar-refractivity contribution is 5.92. The van der Waals surface area contributed by atoms with Crippen molar-refractivity contribution in [1.82, 2.24) is 0 Å². The third-order valence-corrected chi connectivity index (χ3v) is 3.76. The summed E-state index contributed by atoms with van der Waals surface area (Å²) < 4.78 is 4.55. The molecule has 1 N–H and O–H groups in total. The van der Waals surface area contributed by atoms with Crippen LogP contribution in [0.1, 0.15) is 34.1 Å². The van der Waals surface area contributed by atoms with E-state index in [0.29, 0.717) is 11.1 Å². The molecule has 1 unspecified atom stereocenters. The van der Waals surface area contributed by atoms with E-state index in [2.05, 4.69) is 4.74 Å². The maximum Gasteiger partial charge on any atom is 0.330 e. The van der Waals surface area contributed by atoms with Crippen LogP contribution in [0.15, 0.2) is 35.5 Å². The highest BCUT2D eigenvalue weighted by atomic mass is 16.5. The Morgan fingerprint density at radius 1 is 1.45 bits per heavy atom. The van der Waals surface area contributed by atoms with Gasteiger partial charge in [-0.05, 0) is 37.1 Å². The van der Waals surface area contributed by atoms with Gasteiger partial charge in [-0.1, -0.05) is 19.9 Å². The van der Waals surface area contributed by atoms with Gasteiger partial charge in [-0.25, -0.2) is 4.79 Å². The van der Waals surface area contributed by atoms with Crippen LogP contribution in [0.4, 0.5) is 0 Å². The van der Waals surface area contributed by atoms with Gasteiger partial charge < -0.3 is 9.84 Å². The quantitative estimate of drug-likeness (QED) is 0.373. The Kier molecular flexibility index (Phi) is 4.71. The van der Waals surface area contributed by atoms with Crippen LogP contribution in [0.5, 0.6) is 0 Å². The van der Waals surface area contributed by atoms with E-state index in [1.54, 1.807) is 26.0 Å². The molecule has 0 fully saturated rings. The monoisotopic (exact) mass is 279 g/mol. The second-order valence-corrected chi connectivity index (χ2v) is 5.87. The Bertz CT molecular complexity index is 509. The lowest BCUT2D eigenvalue weighted by atomic mass is 9.64. The number of carbonyl (C=O) groups excluding carboxylic acids is 2. The molecule has 1 aliphatic rings. The minimum absolute atomic E-state index is 0.0207. The topological polar surface area (TPSA) is 63.6 Å². The average molecular weight is 279 g/mol. The minimum Gasteiger partial charge on any atom is -0.466 e. The summed E-state index contributed by atoms with van der Waals surface area (Å²) in [5.41, 5.74) is -0.511. The standard InChI is InChI=1S/C16H22O4/c1-11(8-14(18)20-5)6-7-16(19)12(2)9-13(17)10-15(16,3)4/h6-9,19H,10H2,1-5H3/b7-6+,11-8-/i8+1. The van der Waals surface area contributed by atoms with Crippen LogP contribution < -0.4 is 0 Å². The van der Waals surface area contributed by atoms with Crippen molar-refractivity contribution in [2.24, 2.45) is 5.41 Å². The molecule has 1 atom stereocenters. The number of aliphatic hydroxyl groups is 1. The predicted octanol–water partition coefficient (Wildman–Crippen LogP) is 2.34. The van der Waals surface area contributed by atoms with Crippen LogP contribution >= 0.6 is 0 Å². The Balaban J connectivity index is 3.10. The lowest BCUT2D eigenvalue weighted by Crippen LogP contribution is -2.48. The van der Waals surface area contributed by atoms with Crippen molar-refractivity contribution in [3.8, 4) is 0 Å². The fourth-order valence-corrected chi connectivity index (χ4v) is 2.41. The Labute approximate surface area is 119 Å². The molecule has 0 heterocycles. The maximum atomic E-state index is 11.6. The first-order valence-corrected chi connectivity index (χ1v) is 6.52. The summed E-state index contributed by atoms with van der Waals surface area (Å²) in [5, 5.41) is 10.9. The molecule has 1 aliphatic carbocycles. The summed E-state index contributed by atoms with van der Waals surface area (Å²) in [4.78, 5) is 22.8. The zero-order chi connectivity index (χ0) is 15.6. The van der Waals surface area contributed by atoms with Crippen molar-refractivity contribution in [1.29, 1.82) is 0 Å². The molecular formula is C16H22O4. The summed E-state index contributed by atoms with van der Waals surface area (Å²) >= 11 is 0. The number of rotatable bonds is 3. The second-order valence-electron chi connectivity index (χ2n) is 5.87. The van der Waals surface area contributed by atoms with E-state index in [1.807, 2.05) is 13.8 Å². The second kappa shape index (κ2) is 5.75. The molecule has 4 heteroatoms. The van der Waals surface area contributed by atoms with Gasteiger partial charge in [0.05, 0.1) is 7.11 Å². The van der Waals surface area contributed by atoms with Crippen molar-refractivity contribution in [2.45, 2.75) is 39.7 Å². The fraction of sp³-hybridized carbons (Fsp3) is 0.500. The van der Waals surface area contributed by atoms with Gasteiger partial charge in [0.2, 0.25) is 0 Å². The number of hydrogen-bond acceptors (Lipinski definition) is 4. The molecule has 0 spiro atoms. The Morgan fingerprint density at radius 3 is 2.55 bits per heavy atom. The van der Waals surface area contributed by atoms with Gasteiger partial charge >= 0.3 is 5.97 Å². The molecule has 20 heavy (non-hydrogen) atoms. The molecule has 0 aliphatic heterocycles. The average Bonchev–Trinajstić information content (AvgIpc) is 2.32. The summed E-state index contributed by atoms with van der Waals surface area (Å²) in [7, 11) is 1.31. The van der Waals surface area contributed by atoms with Crippen LogP contribution in [0.25, 0.3) is 0 Å². The molecule has 0 saturated carbocycles. The third kappa shape index (κ3) is 3.25. The van der Waals surface area contributed by atoms with Crippen LogP contribution in [-0.4, -0.2) is 29.6 Å². The first-order valence-electron chi connectivity index (χ1n) is 6.52. The molecular weight excluding hydrogens is 257 g/mol. The van der Waals surface area contributed by atoms with Gasteiger partial charge in [0.1, 0.15) is 5.60 Å². The normalized spacial score (nSPS) is 26.6. The smallest absolute Gasteiger partial charge is 0.330 e. The van der Waals surface area contributed by atoms with Crippen LogP contribution in [0.2, 0.25) is 0 Å². The van der Waals surface area contributed by atoms with E-state index in [4.69, 9.17) is 0 Å². The third-order valence-electron chi connectivity index (χ3n) is 3.76. The number of hydrogen-bond donors (Lipinski definition) is 1. The van der Waals surface area contributed by atoms with Gasteiger partial charge in [-0.3, -0.25) is 4.79 Å². The van der Waals surface area contributed by atoms with Gasteiger partial charge in [0.15, 0.2) is 5.78 Å². The largest absolute Gasteiger partial charge is 0.466 e. The Morgan fingerprint density at radius 2 is 2.05 bits per heavy atom. The molecule has 0 aromatic rings. The van der Waals surface area contributed by atoms with Crippen LogP contribution in [0, 0.1) is 5.41 Å². The first kappa shape index (κ1) is 16.4. The van der Waals surface area contributed by atoms with Gasteiger partial charge in [-0.2, -0.15) is 0 Å². The molecule has 0 bridgehead atoms. The molecule has 0 radical (unpaired) electrons. The fourth-order valence-electron chi connectivity index (χ4n) is 2.41. The number of allylic oxidation sites excluding steroid dienone is 3. The van der Waals surface area contributed by atoms with Gasteiger partial charge in [0.25, 0.3) is 0 Å². The SMILES string of the molecule is COC(=O)/[13CH]=C(C)\C=C\C1(O)C(C)=CC(=O)CC1(C)C.